The molecule has 2 heterocycles. The van der Waals surface area contributed by atoms with Gasteiger partial charge in [0.25, 0.3) is 0 Å². The fraction of sp³-hybridized carbons (Fsp3) is 0.238. The molecule has 0 unspecified atom stereocenters. The molecule has 0 bridgehead atoms. The van der Waals surface area contributed by atoms with Gasteiger partial charge in [0.2, 0.25) is 0 Å². The molecule has 0 atom stereocenters. The summed E-state index contributed by atoms with van der Waals surface area (Å²) in [6, 6.07) is 15.8. The second-order valence-electron chi connectivity index (χ2n) is 6.35. The zero-order valence-corrected chi connectivity index (χ0v) is 14.9. The summed E-state index contributed by atoms with van der Waals surface area (Å²) in [7, 11) is 0. The fourth-order valence-electron chi connectivity index (χ4n) is 3.13. The van der Waals surface area contributed by atoms with Crippen LogP contribution in [0.5, 0.6) is 11.5 Å². The van der Waals surface area contributed by atoms with Gasteiger partial charge in [0.05, 0.1) is 18.8 Å². The maximum Gasteiger partial charge on any atom is 0.145 e. The molecular formula is C21H20N4O2. The minimum Gasteiger partial charge on any atom is -0.456 e. The first-order valence-corrected chi connectivity index (χ1v) is 8.94. The van der Waals surface area contributed by atoms with Crippen LogP contribution < -0.4 is 9.64 Å². The van der Waals surface area contributed by atoms with Crippen molar-refractivity contribution in [2.75, 3.05) is 31.2 Å². The molecule has 6 heteroatoms. The number of nitriles is 1. The summed E-state index contributed by atoms with van der Waals surface area (Å²) in [6.07, 6.45) is 4.18. The van der Waals surface area contributed by atoms with Crippen LogP contribution in [0.1, 0.15) is 17.0 Å². The molecule has 1 aliphatic heterocycles. The molecule has 2 aromatic carbocycles. The number of hydrogen-bond donors (Lipinski definition) is 1. The minimum absolute atomic E-state index is 0.509. The Kier molecular flexibility index (Phi) is 5.04. The van der Waals surface area contributed by atoms with Crippen molar-refractivity contribution in [2.45, 2.75) is 6.42 Å². The number of rotatable bonds is 5. The summed E-state index contributed by atoms with van der Waals surface area (Å²) in [5.41, 5.74) is 2.64. The highest BCUT2D eigenvalue weighted by Crippen LogP contribution is 2.29. The van der Waals surface area contributed by atoms with Crippen molar-refractivity contribution in [3.05, 3.63) is 71.8 Å². The third-order valence-corrected chi connectivity index (χ3v) is 4.51. The van der Waals surface area contributed by atoms with E-state index in [-0.39, 0.29) is 0 Å². The number of benzene rings is 2. The number of morpholine rings is 1. The second kappa shape index (κ2) is 7.94. The lowest BCUT2D eigenvalue weighted by Gasteiger charge is -2.29. The lowest BCUT2D eigenvalue weighted by atomic mass is 10.1. The normalized spacial score (nSPS) is 14.0. The van der Waals surface area contributed by atoms with E-state index in [1.165, 1.54) is 0 Å². The van der Waals surface area contributed by atoms with Crippen molar-refractivity contribution in [2.24, 2.45) is 0 Å². The number of H-pyrrole nitrogens is 1. The van der Waals surface area contributed by atoms with Gasteiger partial charge in [-0.05, 0) is 29.8 Å². The topological polar surface area (TPSA) is 74.2 Å². The van der Waals surface area contributed by atoms with Gasteiger partial charge in [-0.2, -0.15) is 5.26 Å². The quantitative estimate of drug-likeness (QED) is 0.754. The molecule has 0 saturated carbocycles. The smallest absolute Gasteiger partial charge is 0.145 e. The van der Waals surface area contributed by atoms with Crippen LogP contribution in [0, 0.1) is 11.3 Å². The molecule has 0 radical (unpaired) electrons. The Morgan fingerprint density at radius 3 is 2.85 bits per heavy atom. The van der Waals surface area contributed by atoms with Crippen LogP contribution in [0.15, 0.2) is 54.9 Å². The Bertz CT molecular complexity index is 941. The van der Waals surface area contributed by atoms with Crippen LogP contribution >= 0.6 is 0 Å². The van der Waals surface area contributed by atoms with Crippen LogP contribution in [0.4, 0.5) is 5.69 Å². The molecular weight excluding hydrogens is 340 g/mol. The molecule has 136 valence electrons. The van der Waals surface area contributed by atoms with Crippen molar-refractivity contribution in [3.63, 3.8) is 0 Å². The number of imidazole rings is 1. The van der Waals surface area contributed by atoms with Crippen LogP contribution in [0.25, 0.3) is 0 Å². The van der Waals surface area contributed by atoms with Gasteiger partial charge in [0.15, 0.2) is 0 Å². The summed E-state index contributed by atoms with van der Waals surface area (Å²) in [6.45, 7) is 3.20. The van der Waals surface area contributed by atoms with E-state index >= 15 is 0 Å². The van der Waals surface area contributed by atoms with Crippen LogP contribution in [-0.2, 0) is 11.2 Å². The molecule has 0 aliphatic carbocycles. The number of nitrogens with zero attached hydrogens (tertiary/aromatic N) is 3. The van der Waals surface area contributed by atoms with Gasteiger partial charge in [-0.3, -0.25) is 0 Å². The first-order valence-electron chi connectivity index (χ1n) is 8.94. The zero-order chi connectivity index (χ0) is 18.5. The maximum absolute atomic E-state index is 9.43. The highest BCUT2D eigenvalue weighted by molar-refractivity contribution is 5.53. The third kappa shape index (κ3) is 4.10. The molecule has 1 aliphatic rings. The van der Waals surface area contributed by atoms with E-state index in [2.05, 4.69) is 27.0 Å². The first kappa shape index (κ1) is 17.1. The van der Waals surface area contributed by atoms with E-state index in [4.69, 9.17) is 9.47 Å². The van der Waals surface area contributed by atoms with Gasteiger partial charge in [-0.25, -0.2) is 4.98 Å². The van der Waals surface area contributed by atoms with E-state index in [9.17, 15) is 5.26 Å². The van der Waals surface area contributed by atoms with Gasteiger partial charge < -0.3 is 19.4 Å². The highest BCUT2D eigenvalue weighted by Gasteiger charge is 2.13. The van der Waals surface area contributed by atoms with E-state index < -0.39 is 0 Å². The molecule has 0 amide bonds. The van der Waals surface area contributed by atoms with E-state index in [0.717, 1.165) is 43.4 Å². The Labute approximate surface area is 158 Å². The van der Waals surface area contributed by atoms with Crippen molar-refractivity contribution >= 4 is 5.69 Å². The SMILES string of the molecule is N#Cc1ccc(Cc2ncc[nH]2)cc1Oc1cccc(N2CCOCC2)c1. The number of ether oxygens (including phenoxy) is 2. The lowest BCUT2D eigenvalue weighted by molar-refractivity contribution is 0.122. The van der Waals surface area contributed by atoms with Gasteiger partial charge in [0, 0.05) is 43.7 Å². The Morgan fingerprint density at radius 1 is 1.19 bits per heavy atom. The van der Waals surface area contributed by atoms with E-state index in [0.29, 0.717) is 23.5 Å². The largest absolute Gasteiger partial charge is 0.456 e. The third-order valence-electron chi connectivity index (χ3n) is 4.51. The molecule has 6 nitrogen and oxygen atoms in total. The van der Waals surface area contributed by atoms with Gasteiger partial charge in [-0.1, -0.05) is 12.1 Å². The molecule has 27 heavy (non-hydrogen) atoms. The van der Waals surface area contributed by atoms with Crippen molar-refractivity contribution in [1.82, 2.24) is 9.97 Å². The van der Waals surface area contributed by atoms with E-state index in [1.807, 2.05) is 30.3 Å². The molecule has 1 fully saturated rings. The molecule has 1 saturated heterocycles. The predicted molar refractivity (Wildman–Crippen MR) is 102 cm³/mol. The molecule has 3 aromatic rings. The number of anilines is 1. The van der Waals surface area contributed by atoms with Crippen LogP contribution in [0.2, 0.25) is 0 Å². The Balaban J connectivity index is 1.57. The number of hydrogen-bond acceptors (Lipinski definition) is 5. The number of aromatic nitrogens is 2. The van der Waals surface area contributed by atoms with Crippen molar-refractivity contribution in [3.8, 4) is 17.6 Å². The predicted octanol–water partition coefficient (Wildman–Crippen LogP) is 3.50. The summed E-state index contributed by atoms with van der Waals surface area (Å²) in [5, 5.41) is 9.43. The fourth-order valence-corrected chi connectivity index (χ4v) is 3.13. The van der Waals surface area contributed by atoms with Crippen LogP contribution in [-0.4, -0.2) is 36.3 Å². The molecule has 0 spiro atoms. The second-order valence-corrected chi connectivity index (χ2v) is 6.35. The standard InChI is InChI=1S/C21H20N4O2/c22-15-17-5-4-16(13-21-23-6-7-24-21)12-20(17)27-19-3-1-2-18(14-19)25-8-10-26-11-9-25/h1-7,12,14H,8-11,13H2,(H,23,24). The average molecular weight is 360 g/mol. The maximum atomic E-state index is 9.43. The van der Waals surface area contributed by atoms with Gasteiger partial charge >= 0.3 is 0 Å². The van der Waals surface area contributed by atoms with Crippen LogP contribution in [0.3, 0.4) is 0 Å². The average Bonchev–Trinajstić information content (AvgIpc) is 3.22. The van der Waals surface area contributed by atoms with Gasteiger partial charge in [-0.15, -0.1) is 0 Å². The molecule has 1 aromatic heterocycles. The van der Waals surface area contributed by atoms with Crippen molar-refractivity contribution in [1.29, 1.82) is 5.26 Å². The number of aromatic amines is 1. The molecule has 4 rings (SSSR count). The van der Waals surface area contributed by atoms with Crippen molar-refractivity contribution < 1.29 is 9.47 Å². The lowest BCUT2D eigenvalue weighted by Crippen LogP contribution is -2.36. The monoisotopic (exact) mass is 360 g/mol. The Morgan fingerprint density at radius 2 is 2.07 bits per heavy atom. The summed E-state index contributed by atoms with van der Waals surface area (Å²) >= 11 is 0. The Hall–Kier alpha value is -3.30. The zero-order valence-electron chi connectivity index (χ0n) is 14.9. The first-order chi connectivity index (χ1) is 13.3. The highest BCUT2D eigenvalue weighted by atomic mass is 16.5. The summed E-state index contributed by atoms with van der Waals surface area (Å²) in [5.74, 6) is 2.14. The summed E-state index contributed by atoms with van der Waals surface area (Å²) in [4.78, 5) is 9.62. The number of nitrogens with one attached hydrogen (secondary N) is 1. The molecule has 1 N–H and O–H groups in total. The van der Waals surface area contributed by atoms with Gasteiger partial charge in [0.1, 0.15) is 23.4 Å². The van der Waals surface area contributed by atoms with E-state index in [1.54, 1.807) is 18.5 Å². The summed E-state index contributed by atoms with van der Waals surface area (Å²) < 4.78 is 11.5. The minimum atomic E-state index is 0.509.